The average molecular weight is 298 g/mol. The fourth-order valence-electron chi connectivity index (χ4n) is 3.27. The number of amides is 1. The molecule has 0 aromatic carbocycles. The van der Waals surface area contributed by atoms with Gasteiger partial charge in [-0.05, 0) is 50.6 Å². The summed E-state index contributed by atoms with van der Waals surface area (Å²) in [6.45, 7) is 11.7. The molecule has 1 aliphatic rings. The standard InChI is InChI=1S/C17H34N2O2/c1-14(2)12-15(3)13-19-9-6-16(7-10-19)17(20)18-8-5-11-21-4/h14-16H,5-13H2,1-4H3,(H,18,20)/t15-/m1/s1. The van der Waals surface area contributed by atoms with E-state index in [4.69, 9.17) is 4.74 Å². The van der Waals surface area contributed by atoms with Crippen LogP contribution in [0.15, 0.2) is 0 Å². The monoisotopic (exact) mass is 298 g/mol. The highest BCUT2D eigenvalue weighted by Gasteiger charge is 2.25. The summed E-state index contributed by atoms with van der Waals surface area (Å²) in [6, 6.07) is 0. The third-order valence-electron chi connectivity index (χ3n) is 4.23. The maximum absolute atomic E-state index is 12.1. The SMILES string of the molecule is COCCCNC(=O)C1CCN(C[C@H](C)CC(C)C)CC1. The molecule has 0 aromatic heterocycles. The van der Waals surface area contributed by atoms with Crippen molar-refractivity contribution < 1.29 is 9.53 Å². The Bertz CT molecular complexity index is 287. The van der Waals surface area contributed by atoms with E-state index in [1.165, 1.54) is 13.0 Å². The summed E-state index contributed by atoms with van der Waals surface area (Å²) in [5.41, 5.74) is 0. The second-order valence-corrected chi connectivity index (χ2v) is 6.95. The minimum absolute atomic E-state index is 0.212. The molecule has 1 aliphatic heterocycles. The van der Waals surface area contributed by atoms with Gasteiger partial charge in [0.25, 0.3) is 0 Å². The summed E-state index contributed by atoms with van der Waals surface area (Å²) in [7, 11) is 1.69. The number of nitrogens with zero attached hydrogens (tertiary/aromatic N) is 1. The zero-order valence-corrected chi connectivity index (χ0v) is 14.4. The first kappa shape index (κ1) is 18.4. The van der Waals surface area contributed by atoms with Gasteiger partial charge in [-0.3, -0.25) is 4.79 Å². The lowest BCUT2D eigenvalue weighted by Gasteiger charge is -2.33. The maximum Gasteiger partial charge on any atom is 0.223 e. The van der Waals surface area contributed by atoms with Crippen molar-refractivity contribution in [1.29, 1.82) is 0 Å². The van der Waals surface area contributed by atoms with Crippen LogP contribution >= 0.6 is 0 Å². The van der Waals surface area contributed by atoms with Crippen molar-refractivity contribution in [3.05, 3.63) is 0 Å². The van der Waals surface area contributed by atoms with E-state index in [0.717, 1.165) is 50.7 Å². The van der Waals surface area contributed by atoms with E-state index in [1.54, 1.807) is 7.11 Å². The van der Waals surface area contributed by atoms with Crippen molar-refractivity contribution in [3.8, 4) is 0 Å². The zero-order chi connectivity index (χ0) is 15.7. The molecule has 0 bridgehead atoms. The number of nitrogens with one attached hydrogen (secondary N) is 1. The van der Waals surface area contributed by atoms with Crippen LogP contribution in [-0.2, 0) is 9.53 Å². The van der Waals surface area contributed by atoms with Gasteiger partial charge in [-0.25, -0.2) is 0 Å². The van der Waals surface area contributed by atoms with Crippen molar-refractivity contribution in [2.45, 2.75) is 46.5 Å². The summed E-state index contributed by atoms with van der Waals surface area (Å²) in [4.78, 5) is 14.6. The molecule has 1 atom stereocenters. The highest BCUT2D eigenvalue weighted by atomic mass is 16.5. The minimum atomic E-state index is 0.212. The van der Waals surface area contributed by atoms with Crippen LogP contribution in [-0.4, -0.2) is 50.7 Å². The Balaban J connectivity index is 2.17. The van der Waals surface area contributed by atoms with Crippen molar-refractivity contribution in [3.63, 3.8) is 0 Å². The number of hydrogen-bond donors (Lipinski definition) is 1. The zero-order valence-electron chi connectivity index (χ0n) is 14.4. The molecule has 0 saturated carbocycles. The van der Waals surface area contributed by atoms with Crippen molar-refractivity contribution in [2.75, 3.05) is 39.9 Å². The van der Waals surface area contributed by atoms with Crippen LogP contribution in [0.3, 0.4) is 0 Å². The van der Waals surface area contributed by atoms with E-state index in [-0.39, 0.29) is 11.8 Å². The van der Waals surface area contributed by atoms with E-state index >= 15 is 0 Å². The van der Waals surface area contributed by atoms with Gasteiger partial charge in [0, 0.05) is 32.7 Å². The van der Waals surface area contributed by atoms with E-state index in [1.807, 2.05) is 0 Å². The lowest BCUT2D eigenvalue weighted by Crippen LogP contribution is -2.42. The number of carbonyl (C=O) groups excluding carboxylic acids is 1. The predicted octanol–water partition coefficient (Wildman–Crippen LogP) is 2.53. The molecule has 0 unspecified atom stereocenters. The third kappa shape index (κ3) is 7.82. The lowest BCUT2D eigenvalue weighted by molar-refractivity contribution is -0.126. The van der Waals surface area contributed by atoms with Gasteiger partial charge >= 0.3 is 0 Å². The van der Waals surface area contributed by atoms with Crippen molar-refractivity contribution >= 4 is 5.91 Å². The molecule has 124 valence electrons. The molecular weight excluding hydrogens is 264 g/mol. The fourth-order valence-corrected chi connectivity index (χ4v) is 3.27. The van der Waals surface area contributed by atoms with Crippen molar-refractivity contribution in [1.82, 2.24) is 10.2 Å². The molecule has 0 aliphatic carbocycles. The van der Waals surface area contributed by atoms with Gasteiger partial charge < -0.3 is 15.0 Å². The fraction of sp³-hybridized carbons (Fsp3) is 0.941. The Morgan fingerprint density at radius 3 is 2.52 bits per heavy atom. The van der Waals surface area contributed by atoms with E-state index in [9.17, 15) is 4.79 Å². The molecule has 1 amide bonds. The summed E-state index contributed by atoms with van der Waals surface area (Å²) in [6.07, 6.45) is 4.20. The Morgan fingerprint density at radius 1 is 1.29 bits per heavy atom. The highest BCUT2D eigenvalue weighted by Crippen LogP contribution is 2.20. The normalized spacial score (nSPS) is 18.9. The average Bonchev–Trinajstić information content (AvgIpc) is 2.43. The van der Waals surface area contributed by atoms with Crippen LogP contribution in [0.1, 0.15) is 46.5 Å². The molecule has 1 saturated heterocycles. The second-order valence-electron chi connectivity index (χ2n) is 6.95. The number of ether oxygens (including phenoxy) is 1. The van der Waals surface area contributed by atoms with Crippen LogP contribution in [0, 0.1) is 17.8 Å². The summed E-state index contributed by atoms with van der Waals surface area (Å²) < 4.78 is 4.99. The highest BCUT2D eigenvalue weighted by molar-refractivity contribution is 5.78. The van der Waals surface area contributed by atoms with Gasteiger partial charge in [-0.1, -0.05) is 20.8 Å². The first-order valence-corrected chi connectivity index (χ1v) is 8.52. The van der Waals surface area contributed by atoms with Gasteiger partial charge in [0.2, 0.25) is 5.91 Å². The maximum atomic E-state index is 12.1. The lowest BCUT2D eigenvalue weighted by atomic mass is 9.93. The van der Waals surface area contributed by atoms with Gasteiger partial charge in [-0.15, -0.1) is 0 Å². The third-order valence-corrected chi connectivity index (χ3v) is 4.23. The topological polar surface area (TPSA) is 41.6 Å². The number of likely N-dealkylation sites (tertiary alicyclic amines) is 1. The molecule has 21 heavy (non-hydrogen) atoms. The van der Waals surface area contributed by atoms with Crippen LogP contribution in [0.5, 0.6) is 0 Å². The van der Waals surface area contributed by atoms with Crippen LogP contribution in [0.2, 0.25) is 0 Å². The van der Waals surface area contributed by atoms with Gasteiger partial charge in [0.1, 0.15) is 0 Å². The van der Waals surface area contributed by atoms with Gasteiger partial charge in [0.05, 0.1) is 0 Å². The molecular formula is C17H34N2O2. The van der Waals surface area contributed by atoms with Gasteiger partial charge in [0.15, 0.2) is 0 Å². The molecule has 1 fully saturated rings. The molecule has 4 heteroatoms. The second kappa shape index (κ2) is 10.2. The Hall–Kier alpha value is -0.610. The minimum Gasteiger partial charge on any atom is -0.385 e. The number of rotatable bonds is 9. The Labute approximate surface area is 130 Å². The quantitative estimate of drug-likeness (QED) is 0.665. The van der Waals surface area contributed by atoms with Crippen LogP contribution in [0.25, 0.3) is 0 Å². The molecule has 4 nitrogen and oxygen atoms in total. The largest absolute Gasteiger partial charge is 0.385 e. The molecule has 1 N–H and O–H groups in total. The number of piperidine rings is 1. The van der Waals surface area contributed by atoms with Crippen LogP contribution in [0.4, 0.5) is 0 Å². The van der Waals surface area contributed by atoms with Gasteiger partial charge in [-0.2, -0.15) is 0 Å². The number of hydrogen-bond acceptors (Lipinski definition) is 3. The van der Waals surface area contributed by atoms with E-state index in [0.29, 0.717) is 6.61 Å². The molecule has 0 radical (unpaired) electrons. The van der Waals surface area contributed by atoms with Crippen molar-refractivity contribution in [2.24, 2.45) is 17.8 Å². The molecule has 0 spiro atoms. The Kier molecular flexibility index (Phi) is 8.93. The summed E-state index contributed by atoms with van der Waals surface area (Å²) >= 11 is 0. The van der Waals surface area contributed by atoms with Crippen LogP contribution < -0.4 is 5.32 Å². The van der Waals surface area contributed by atoms with E-state index in [2.05, 4.69) is 31.0 Å². The predicted molar refractivity (Wildman–Crippen MR) is 87.3 cm³/mol. The Morgan fingerprint density at radius 2 is 1.95 bits per heavy atom. The smallest absolute Gasteiger partial charge is 0.223 e. The molecule has 0 aromatic rings. The first-order valence-electron chi connectivity index (χ1n) is 8.52. The molecule has 1 rings (SSSR count). The molecule has 1 heterocycles. The number of carbonyl (C=O) groups is 1. The summed E-state index contributed by atoms with van der Waals surface area (Å²) in [5, 5.41) is 3.03. The first-order chi connectivity index (χ1) is 10.0. The van der Waals surface area contributed by atoms with E-state index < -0.39 is 0 Å². The summed E-state index contributed by atoms with van der Waals surface area (Å²) in [5.74, 6) is 1.98. The number of methoxy groups -OCH3 is 1.